The Morgan fingerprint density at radius 1 is 1.38 bits per heavy atom. The highest BCUT2D eigenvalue weighted by molar-refractivity contribution is 6.33. The van der Waals surface area contributed by atoms with Gasteiger partial charge in [-0.2, -0.15) is 0 Å². The molecule has 0 spiro atoms. The van der Waals surface area contributed by atoms with E-state index in [1.807, 2.05) is 0 Å². The Labute approximate surface area is 106 Å². The third-order valence-electron chi connectivity index (χ3n) is 2.38. The molecule has 0 aromatic carbocycles. The minimum Gasteiger partial charge on any atom is -0.381 e. The number of anilines is 1. The third kappa shape index (κ3) is 4.12. The number of rotatable bonds is 5. The molecule has 0 radical (unpaired) electrons. The smallest absolute Gasteiger partial charge is 0.174 e. The summed E-state index contributed by atoms with van der Waals surface area (Å²) >= 11 is 11.6. The summed E-state index contributed by atoms with van der Waals surface area (Å²) in [4.78, 5) is 2.23. The minimum atomic E-state index is 0.337. The Bertz CT molecular complexity index is 344. The molecule has 6 heteroatoms. The lowest BCUT2D eigenvalue weighted by atomic mass is 10.3. The molecule has 1 N–H and O–H groups in total. The van der Waals surface area contributed by atoms with E-state index in [1.165, 1.54) is 0 Å². The summed E-state index contributed by atoms with van der Waals surface area (Å²) in [5.74, 6) is 0. The molecule has 1 aromatic rings. The van der Waals surface area contributed by atoms with E-state index in [2.05, 4.69) is 41.3 Å². The number of nitrogens with zero attached hydrogens (tertiary/aromatic N) is 3. The van der Waals surface area contributed by atoms with Crippen molar-refractivity contribution in [3.63, 3.8) is 0 Å². The molecule has 0 amide bonds. The van der Waals surface area contributed by atoms with Crippen molar-refractivity contribution in [2.75, 3.05) is 25.5 Å². The van der Waals surface area contributed by atoms with Gasteiger partial charge in [-0.05, 0) is 20.9 Å². The van der Waals surface area contributed by atoms with E-state index in [4.69, 9.17) is 23.2 Å². The van der Waals surface area contributed by atoms with Crippen LogP contribution in [0.3, 0.4) is 0 Å². The zero-order valence-corrected chi connectivity index (χ0v) is 11.2. The van der Waals surface area contributed by atoms with Crippen molar-refractivity contribution in [2.24, 2.45) is 0 Å². The van der Waals surface area contributed by atoms with Crippen LogP contribution < -0.4 is 5.32 Å². The van der Waals surface area contributed by atoms with Gasteiger partial charge in [0.25, 0.3) is 0 Å². The molecule has 0 aliphatic carbocycles. The van der Waals surface area contributed by atoms with Gasteiger partial charge in [0, 0.05) is 25.2 Å². The number of hydrogen-bond acceptors (Lipinski definition) is 4. The molecule has 1 rings (SSSR count). The summed E-state index contributed by atoms with van der Waals surface area (Å²) in [7, 11) is 2.08. The molecule has 4 nitrogen and oxygen atoms in total. The maximum atomic E-state index is 5.87. The molecule has 0 saturated carbocycles. The van der Waals surface area contributed by atoms with Crippen LogP contribution in [-0.4, -0.2) is 41.3 Å². The van der Waals surface area contributed by atoms with Gasteiger partial charge in [-0.15, -0.1) is 10.2 Å². The van der Waals surface area contributed by atoms with Crippen molar-refractivity contribution in [1.82, 2.24) is 15.1 Å². The topological polar surface area (TPSA) is 41.0 Å². The fourth-order valence-electron chi connectivity index (χ4n) is 1.10. The van der Waals surface area contributed by atoms with Gasteiger partial charge in [0.05, 0.1) is 5.69 Å². The first-order chi connectivity index (χ1) is 7.50. The van der Waals surface area contributed by atoms with Gasteiger partial charge in [-0.3, -0.25) is 0 Å². The summed E-state index contributed by atoms with van der Waals surface area (Å²) in [6.07, 6.45) is 0. The summed E-state index contributed by atoms with van der Waals surface area (Å²) in [6, 6.07) is 2.20. The molecule has 90 valence electrons. The predicted octanol–water partition coefficient (Wildman–Crippen LogP) is 2.54. The average Bonchev–Trinajstić information content (AvgIpc) is 2.22. The Balaban J connectivity index is 2.45. The van der Waals surface area contributed by atoms with E-state index in [-0.39, 0.29) is 0 Å². The van der Waals surface area contributed by atoms with Crippen molar-refractivity contribution in [3.8, 4) is 0 Å². The second kappa shape index (κ2) is 6.23. The fraction of sp³-hybridized carbons (Fsp3) is 0.600. The molecule has 1 aromatic heterocycles. The monoisotopic (exact) mass is 262 g/mol. The summed E-state index contributed by atoms with van der Waals surface area (Å²) in [5, 5.41) is 11.2. The van der Waals surface area contributed by atoms with Gasteiger partial charge in [-0.1, -0.05) is 23.2 Å². The first kappa shape index (κ1) is 13.5. The van der Waals surface area contributed by atoms with Gasteiger partial charge in [0.1, 0.15) is 0 Å². The number of likely N-dealkylation sites (N-methyl/N-ethyl adjacent to an activating group) is 1. The molecular formula is C10H16Cl2N4. The van der Waals surface area contributed by atoms with Crippen molar-refractivity contribution in [1.29, 1.82) is 0 Å². The Hall–Kier alpha value is -0.580. The van der Waals surface area contributed by atoms with Gasteiger partial charge < -0.3 is 10.2 Å². The van der Waals surface area contributed by atoms with E-state index in [1.54, 1.807) is 6.07 Å². The fourth-order valence-corrected chi connectivity index (χ4v) is 1.41. The lowest BCUT2D eigenvalue weighted by molar-refractivity contribution is 0.284. The number of halogens is 2. The van der Waals surface area contributed by atoms with Crippen LogP contribution in [0.4, 0.5) is 5.69 Å². The lowest BCUT2D eigenvalue weighted by Crippen LogP contribution is -2.31. The molecule has 0 bridgehead atoms. The molecule has 0 fully saturated rings. The first-order valence-corrected chi connectivity index (χ1v) is 5.89. The molecular weight excluding hydrogens is 247 g/mol. The van der Waals surface area contributed by atoms with E-state index in [0.29, 0.717) is 16.3 Å². The predicted molar refractivity (Wildman–Crippen MR) is 68.3 cm³/mol. The zero-order valence-electron chi connectivity index (χ0n) is 9.67. The van der Waals surface area contributed by atoms with Crippen molar-refractivity contribution in [2.45, 2.75) is 19.9 Å². The van der Waals surface area contributed by atoms with Crippen LogP contribution in [0.5, 0.6) is 0 Å². The lowest BCUT2D eigenvalue weighted by Gasteiger charge is -2.21. The van der Waals surface area contributed by atoms with Gasteiger partial charge in [0.15, 0.2) is 10.3 Å². The van der Waals surface area contributed by atoms with Crippen LogP contribution in [-0.2, 0) is 0 Å². The Morgan fingerprint density at radius 2 is 2.06 bits per heavy atom. The summed E-state index contributed by atoms with van der Waals surface area (Å²) in [5.41, 5.74) is 0.721. The van der Waals surface area contributed by atoms with Gasteiger partial charge in [-0.25, -0.2) is 0 Å². The van der Waals surface area contributed by atoms with Crippen LogP contribution in [0.15, 0.2) is 6.07 Å². The first-order valence-electron chi connectivity index (χ1n) is 5.13. The molecule has 0 saturated heterocycles. The zero-order chi connectivity index (χ0) is 12.1. The van der Waals surface area contributed by atoms with E-state index >= 15 is 0 Å². The van der Waals surface area contributed by atoms with E-state index in [0.717, 1.165) is 18.8 Å². The normalized spacial score (nSPS) is 11.2. The molecule has 16 heavy (non-hydrogen) atoms. The SMILES string of the molecule is CC(C)N(C)CCNc1cc(Cl)nnc1Cl. The molecule has 0 aliphatic heterocycles. The molecule has 0 aliphatic rings. The highest BCUT2D eigenvalue weighted by Crippen LogP contribution is 2.20. The average molecular weight is 263 g/mol. The maximum Gasteiger partial charge on any atom is 0.174 e. The van der Waals surface area contributed by atoms with Crippen LogP contribution >= 0.6 is 23.2 Å². The van der Waals surface area contributed by atoms with Crippen LogP contribution in [0.1, 0.15) is 13.8 Å². The molecule has 0 unspecified atom stereocenters. The second-order valence-electron chi connectivity index (χ2n) is 3.87. The Morgan fingerprint density at radius 3 is 2.69 bits per heavy atom. The number of aromatic nitrogens is 2. The van der Waals surface area contributed by atoms with Gasteiger partial charge >= 0.3 is 0 Å². The van der Waals surface area contributed by atoms with Crippen molar-refractivity contribution < 1.29 is 0 Å². The molecule has 1 heterocycles. The number of hydrogen-bond donors (Lipinski definition) is 1. The van der Waals surface area contributed by atoms with Crippen molar-refractivity contribution in [3.05, 3.63) is 16.4 Å². The third-order valence-corrected chi connectivity index (χ3v) is 2.84. The second-order valence-corrected chi connectivity index (χ2v) is 4.62. The van der Waals surface area contributed by atoms with Crippen LogP contribution in [0, 0.1) is 0 Å². The number of nitrogens with one attached hydrogen (secondary N) is 1. The van der Waals surface area contributed by atoms with Crippen LogP contribution in [0.2, 0.25) is 10.3 Å². The van der Waals surface area contributed by atoms with Crippen LogP contribution in [0.25, 0.3) is 0 Å². The van der Waals surface area contributed by atoms with E-state index in [9.17, 15) is 0 Å². The standard InChI is InChI=1S/C10H16Cl2N4/c1-7(2)16(3)5-4-13-8-6-9(11)14-15-10(8)12/h6-7H,4-5H2,1-3H3,(H,13,14). The van der Waals surface area contributed by atoms with Crippen molar-refractivity contribution >= 4 is 28.9 Å². The quantitative estimate of drug-likeness (QED) is 0.886. The van der Waals surface area contributed by atoms with Gasteiger partial charge in [0.2, 0.25) is 0 Å². The van der Waals surface area contributed by atoms with E-state index < -0.39 is 0 Å². The highest BCUT2D eigenvalue weighted by atomic mass is 35.5. The summed E-state index contributed by atoms with van der Waals surface area (Å²) < 4.78 is 0. The minimum absolute atomic E-state index is 0.337. The molecule has 0 atom stereocenters. The largest absolute Gasteiger partial charge is 0.381 e. The summed E-state index contributed by atoms with van der Waals surface area (Å²) in [6.45, 7) is 6.01. The maximum absolute atomic E-state index is 5.87. The Kier molecular flexibility index (Phi) is 5.25. The highest BCUT2D eigenvalue weighted by Gasteiger charge is 2.05.